The van der Waals surface area contributed by atoms with Crippen LogP contribution in [-0.4, -0.2) is 55.7 Å². The predicted molar refractivity (Wildman–Crippen MR) is 105 cm³/mol. The van der Waals surface area contributed by atoms with Gasteiger partial charge in [0.15, 0.2) is 0 Å². The molecule has 1 aromatic rings. The molecule has 7 nitrogen and oxygen atoms in total. The number of amides is 2. The molecule has 0 aliphatic carbocycles. The normalized spacial score (nSPS) is 19.0. The van der Waals surface area contributed by atoms with E-state index in [1.807, 2.05) is 30.3 Å². The van der Waals surface area contributed by atoms with Crippen LogP contribution >= 0.6 is 0 Å². The molecule has 1 aliphatic rings. The van der Waals surface area contributed by atoms with Crippen molar-refractivity contribution in [3.8, 4) is 0 Å². The lowest BCUT2D eigenvalue weighted by molar-refractivity contribution is -0.158. The number of carbonyl (C=O) groups is 3. The monoisotopic (exact) mass is 390 g/mol. The summed E-state index contributed by atoms with van der Waals surface area (Å²) in [5.41, 5.74) is 0.286. The average Bonchev–Trinajstić information content (AvgIpc) is 2.69. The van der Waals surface area contributed by atoms with Gasteiger partial charge in [-0.05, 0) is 38.7 Å². The van der Waals surface area contributed by atoms with Gasteiger partial charge in [0.2, 0.25) is 0 Å². The van der Waals surface area contributed by atoms with Gasteiger partial charge in [0.05, 0.1) is 25.0 Å². The van der Waals surface area contributed by atoms with Crippen molar-refractivity contribution >= 4 is 18.0 Å². The summed E-state index contributed by atoms with van der Waals surface area (Å²) in [7, 11) is 0. The van der Waals surface area contributed by atoms with Gasteiger partial charge in [-0.3, -0.25) is 9.59 Å². The van der Waals surface area contributed by atoms with Gasteiger partial charge in [-0.2, -0.15) is 0 Å². The number of esters is 2. The van der Waals surface area contributed by atoms with Gasteiger partial charge in [0, 0.05) is 19.6 Å². The fraction of sp³-hybridized carbons (Fsp3) is 0.571. The van der Waals surface area contributed by atoms with Crippen LogP contribution in [0.1, 0.15) is 38.7 Å². The number of nitrogens with one attached hydrogen (secondary N) is 1. The second kappa shape index (κ2) is 10.7. The molecule has 0 spiro atoms. The highest BCUT2D eigenvalue weighted by molar-refractivity contribution is 5.80. The minimum atomic E-state index is -0.756. The van der Waals surface area contributed by atoms with Crippen molar-refractivity contribution in [3.05, 3.63) is 35.9 Å². The number of likely N-dealkylation sites (tertiary alicyclic amines) is 1. The van der Waals surface area contributed by atoms with Crippen LogP contribution in [0, 0.1) is 5.41 Å². The molecular weight excluding hydrogens is 360 g/mol. The molecule has 1 atom stereocenters. The summed E-state index contributed by atoms with van der Waals surface area (Å²) >= 11 is 0. The third kappa shape index (κ3) is 5.97. The first kappa shape index (κ1) is 21.7. The third-order valence-electron chi connectivity index (χ3n) is 4.87. The van der Waals surface area contributed by atoms with Crippen LogP contribution in [0.3, 0.4) is 0 Å². The van der Waals surface area contributed by atoms with E-state index in [9.17, 15) is 14.4 Å². The minimum Gasteiger partial charge on any atom is -0.466 e. The van der Waals surface area contributed by atoms with Gasteiger partial charge >= 0.3 is 18.0 Å². The van der Waals surface area contributed by atoms with Crippen LogP contribution in [0.2, 0.25) is 0 Å². The van der Waals surface area contributed by atoms with Crippen molar-refractivity contribution in [1.82, 2.24) is 10.2 Å². The number of hydrogen-bond donors (Lipinski definition) is 1. The molecule has 1 saturated heterocycles. The van der Waals surface area contributed by atoms with Gasteiger partial charge in [0.1, 0.15) is 0 Å². The summed E-state index contributed by atoms with van der Waals surface area (Å²) in [5.74, 6) is -0.603. The average molecular weight is 390 g/mol. The van der Waals surface area contributed by atoms with Gasteiger partial charge in [-0.25, -0.2) is 4.79 Å². The number of carbonyl (C=O) groups excluding carboxylic acids is 3. The van der Waals surface area contributed by atoms with Crippen molar-refractivity contribution in [1.29, 1.82) is 0 Å². The largest absolute Gasteiger partial charge is 0.466 e. The smallest absolute Gasteiger partial charge is 0.317 e. The molecule has 1 aliphatic heterocycles. The molecular formula is C21H30N2O5. The molecule has 1 N–H and O–H groups in total. The van der Waals surface area contributed by atoms with Crippen molar-refractivity contribution in [3.63, 3.8) is 0 Å². The predicted octanol–water partition coefficient (Wildman–Crippen LogP) is 2.54. The van der Waals surface area contributed by atoms with E-state index in [1.165, 1.54) is 0 Å². The summed E-state index contributed by atoms with van der Waals surface area (Å²) in [6.07, 6.45) is 2.05. The Kier molecular flexibility index (Phi) is 8.29. The zero-order valence-corrected chi connectivity index (χ0v) is 16.7. The van der Waals surface area contributed by atoms with Gasteiger partial charge in [-0.15, -0.1) is 0 Å². The van der Waals surface area contributed by atoms with Gasteiger partial charge < -0.3 is 19.7 Å². The van der Waals surface area contributed by atoms with Gasteiger partial charge in [-0.1, -0.05) is 30.3 Å². The molecule has 2 amide bonds. The summed E-state index contributed by atoms with van der Waals surface area (Å²) in [6, 6.07) is 9.52. The van der Waals surface area contributed by atoms with Crippen molar-refractivity contribution in [2.75, 3.05) is 32.8 Å². The van der Waals surface area contributed by atoms with Crippen molar-refractivity contribution < 1.29 is 23.9 Å². The van der Waals surface area contributed by atoms with E-state index in [0.29, 0.717) is 39.1 Å². The standard InChI is InChI=1S/C21H30N2O5/c1-3-27-18(24)11-13-22-20(26)23-14-8-12-21(16-23,19(25)28-4-2)15-17-9-6-5-7-10-17/h5-7,9-10H,3-4,8,11-16H2,1-2H3,(H,22,26)/t21-/m0/s1. The first-order chi connectivity index (χ1) is 13.5. The van der Waals surface area contributed by atoms with E-state index in [0.717, 1.165) is 12.0 Å². The van der Waals surface area contributed by atoms with E-state index in [-0.39, 0.29) is 30.9 Å². The number of piperidine rings is 1. The van der Waals surface area contributed by atoms with Crippen LogP contribution in [0.25, 0.3) is 0 Å². The van der Waals surface area contributed by atoms with Crippen molar-refractivity contribution in [2.45, 2.75) is 39.5 Å². The maximum Gasteiger partial charge on any atom is 0.317 e. The first-order valence-corrected chi connectivity index (χ1v) is 9.90. The van der Waals surface area contributed by atoms with Gasteiger partial charge in [0.25, 0.3) is 0 Å². The molecule has 2 rings (SSSR count). The Morgan fingerprint density at radius 1 is 1.11 bits per heavy atom. The Morgan fingerprint density at radius 3 is 2.50 bits per heavy atom. The Bertz CT molecular complexity index is 664. The molecule has 1 fully saturated rings. The maximum atomic E-state index is 12.8. The molecule has 0 aromatic heterocycles. The number of hydrogen-bond acceptors (Lipinski definition) is 5. The van der Waals surface area contributed by atoms with Crippen LogP contribution < -0.4 is 5.32 Å². The Morgan fingerprint density at radius 2 is 1.82 bits per heavy atom. The Labute approximate surface area is 166 Å². The highest BCUT2D eigenvalue weighted by atomic mass is 16.5. The number of nitrogens with zero attached hydrogens (tertiary/aromatic N) is 1. The van der Waals surface area contributed by atoms with E-state index in [4.69, 9.17) is 9.47 Å². The topological polar surface area (TPSA) is 84.9 Å². The number of urea groups is 1. The molecule has 28 heavy (non-hydrogen) atoms. The zero-order valence-electron chi connectivity index (χ0n) is 16.7. The molecule has 0 radical (unpaired) electrons. The first-order valence-electron chi connectivity index (χ1n) is 9.90. The third-order valence-corrected chi connectivity index (χ3v) is 4.87. The number of ether oxygens (including phenoxy) is 2. The molecule has 0 saturated carbocycles. The van der Waals surface area contributed by atoms with Crippen LogP contribution in [0.5, 0.6) is 0 Å². The molecule has 0 unspecified atom stereocenters. The lowest BCUT2D eigenvalue weighted by Crippen LogP contribution is -2.54. The fourth-order valence-electron chi connectivity index (χ4n) is 3.58. The van der Waals surface area contributed by atoms with Crippen LogP contribution in [-0.2, 0) is 25.5 Å². The second-order valence-electron chi connectivity index (χ2n) is 6.98. The summed E-state index contributed by atoms with van der Waals surface area (Å²) in [6.45, 7) is 5.23. The zero-order chi connectivity index (χ0) is 20.4. The quantitative estimate of drug-likeness (QED) is 0.690. The summed E-state index contributed by atoms with van der Waals surface area (Å²) < 4.78 is 10.2. The number of rotatable bonds is 8. The number of benzene rings is 1. The molecule has 1 aromatic carbocycles. The van der Waals surface area contributed by atoms with Crippen molar-refractivity contribution in [2.24, 2.45) is 5.41 Å². The lowest BCUT2D eigenvalue weighted by atomic mass is 9.75. The SMILES string of the molecule is CCOC(=O)CCNC(=O)N1CCC[C@@](Cc2ccccc2)(C(=O)OCC)C1. The molecule has 1 heterocycles. The minimum absolute atomic E-state index is 0.125. The van der Waals surface area contributed by atoms with E-state index >= 15 is 0 Å². The van der Waals surface area contributed by atoms with Crippen LogP contribution in [0.15, 0.2) is 30.3 Å². The Hall–Kier alpha value is -2.57. The lowest BCUT2D eigenvalue weighted by Gasteiger charge is -2.41. The molecule has 0 bridgehead atoms. The summed E-state index contributed by atoms with van der Waals surface area (Å²) in [4.78, 5) is 38.5. The highest BCUT2D eigenvalue weighted by Crippen LogP contribution is 2.35. The summed E-state index contributed by atoms with van der Waals surface area (Å²) in [5, 5.41) is 2.75. The fourth-order valence-corrected chi connectivity index (χ4v) is 3.58. The van der Waals surface area contributed by atoms with E-state index in [1.54, 1.807) is 18.7 Å². The highest BCUT2D eigenvalue weighted by Gasteiger charge is 2.44. The van der Waals surface area contributed by atoms with E-state index < -0.39 is 5.41 Å². The maximum absolute atomic E-state index is 12.8. The molecule has 154 valence electrons. The molecule has 7 heteroatoms. The van der Waals surface area contributed by atoms with E-state index in [2.05, 4.69) is 5.32 Å². The Balaban J connectivity index is 2.04. The second-order valence-corrected chi connectivity index (χ2v) is 6.98. The van der Waals surface area contributed by atoms with Crippen LogP contribution in [0.4, 0.5) is 4.79 Å².